The number of nitrogens with one attached hydrogen (secondary N) is 1. The van der Waals surface area contributed by atoms with Gasteiger partial charge in [0, 0.05) is 34.1 Å². The van der Waals surface area contributed by atoms with E-state index in [-0.39, 0.29) is 5.43 Å². The molecule has 24 heavy (non-hydrogen) atoms. The lowest BCUT2D eigenvalue weighted by atomic mass is 9.82. The third-order valence-electron chi connectivity index (χ3n) is 4.52. The second kappa shape index (κ2) is 5.76. The summed E-state index contributed by atoms with van der Waals surface area (Å²) in [7, 11) is 0. The lowest BCUT2D eigenvalue weighted by molar-refractivity contribution is -0.180. The van der Waals surface area contributed by atoms with E-state index in [1.807, 2.05) is 0 Å². The summed E-state index contributed by atoms with van der Waals surface area (Å²) < 4.78 is 54.0. The topological polar surface area (TPSA) is 32.9 Å². The molecule has 0 aliphatic rings. The molecule has 1 aromatic heterocycles. The summed E-state index contributed by atoms with van der Waals surface area (Å²) in [6.07, 6.45) is -4.57. The fraction of sp³-hybridized carbons (Fsp3) is 0.389. The van der Waals surface area contributed by atoms with Crippen molar-refractivity contribution in [3.05, 3.63) is 56.6 Å². The Labute approximate surface area is 137 Å². The van der Waals surface area contributed by atoms with Crippen LogP contribution in [0, 0.1) is 26.6 Å². The van der Waals surface area contributed by atoms with Crippen LogP contribution in [0.15, 0.2) is 23.0 Å². The van der Waals surface area contributed by atoms with Crippen LogP contribution in [0.1, 0.15) is 36.2 Å². The van der Waals surface area contributed by atoms with E-state index in [2.05, 4.69) is 4.98 Å². The molecule has 0 bridgehead atoms. The number of aromatic nitrogens is 1. The van der Waals surface area contributed by atoms with E-state index >= 15 is 0 Å². The highest BCUT2D eigenvalue weighted by Gasteiger charge is 2.49. The molecular weight excluding hydrogens is 322 g/mol. The SMILES string of the molecule is Cc1cc(C(C)(C)C(F)(F)F)c(F)cc1-c1cc(=O)c(C)c(C)[nH]1. The fourth-order valence-electron chi connectivity index (χ4n) is 2.50. The van der Waals surface area contributed by atoms with E-state index in [1.165, 1.54) is 12.1 Å². The van der Waals surface area contributed by atoms with Gasteiger partial charge in [0.25, 0.3) is 0 Å². The van der Waals surface area contributed by atoms with Crippen LogP contribution in [0.2, 0.25) is 0 Å². The first-order valence-corrected chi connectivity index (χ1v) is 7.44. The molecule has 2 aromatic rings. The number of hydrogen-bond acceptors (Lipinski definition) is 1. The minimum Gasteiger partial charge on any atom is -0.358 e. The Hall–Kier alpha value is -2.11. The predicted molar refractivity (Wildman–Crippen MR) is 85.7 cm³/mol. The second-order valence-corrected chi connectivity index (χ2v) is 6.57. The molecule has 6 heteroatoms. The average molecular weight is 341 g/mol. The lowest BCUT2D eigenvalue weighted by Gasteiger charge is -2.29. The Morgan fingerprint density at radius 1 is 1.00 bits per heavy atom. The maximum absolute atomic E-state index is 14.4. The van der Waals surface area contributed by atoms with Gasteiger partial charge in [0.05, 0.1) is 5.41 Å². The van der Waals surface area contributed by atoms with Crippen molar-refractivity contribution in [2.75, 3.05) is 0 Å². The molecule has 2 rings (SSSR count). The molecule has 2 nitrogen and oxygen atoms in total. The lowest BCUT2D eigenvalue weighted by Crippen LogP contribution is -2.37. The van der Waals surface area contributed by atoms with Crippen molar-refractivity contribution in [2.45, 2.75) is 46.2 Å². The third-order valence-corrected chi connectivity index (χ3v) is 4.52. The van der Waals surface area contributed by atoms with Crippen molar-refractivity contribution in [3.8, 4) is 11.3 Å². The number of aryl methyl sites for hydroxylation is 2. The van der Waals surface area contributed by atoms with Crippen LogP contribution in [-0.4, -0.2) is 11.2 Å². The number of H-pyrrole nitrogens is 1. The maximum Gasteiger partial charge on any atom is 0.398 e. The number of hydrogen-bond donors (Lipinski definition) is 1. The number of halogens is 4. The van der Waals surface area contributed by atoms with E-state index in [0.29, 0.717) is 28.1 Å². The highest BCUT2D eigenvalue weighted by Crippen LogP contribution is 2.42. The molecule has 0 atom stereocenters. The summed E-state index contributed by atoms with van der Waals surface area (Å²) in [6, 6.07) is 3.59. The van der Waals surface area contributed by atoms with Crippen LogP contribution in [0.5, 0.6) is 0 Å². The summed E-state index contributed by atoms with van der Waals surface area (Å²) in [5.41, 5.74) is -0.531. The van der Waals surface area contributed by atoms with Gasteiger partial charge in [-0.15, -0.1) is 0 Å². The smallest absolute Gasteiger partial charge is 0.358 e. The molecule has 0 saturated carbocycles. The van der Waals surface area contributed by atoms with Crippen molar-refractivity contribution in [1.29, 1.82) is 0 Å². The summed E-state index contributed by atoms with van der Waals surface area (Å²) >= 11 is 0. The van der Waals surface area contributed by atoms with Gasteiger partial charge in [-0.05, 0) is 46.2 Å². The molecule has 0 radical (unpaired) electrons. The molecule has 0 saturated heterocycles. The second-order valence-electron chi connectivity index (χ2n) is 6.57. The van der Waals surface area contributed by atoms with Gasteiger partial charge in [0.1, 0.15) is 5.82 Å². The highest BCUT2D eigenvalue weighted by molar-refractivity contribution is 5.65. The van der Waals surface area contributed by atoms with Crippen molar-refractivity contribution >= 4 is 0 Å². The molecule has 0 amide bonds. The van der Waals surface area contributed by atoms with Crippen LogP contribution >= 0.6 is 0 Å². The van der Waals surface area contributed by atoms with Gasteiger partial charge >= 0.3 is 6.18 Å². The van der Waals surface area contributed by atoms with Gasteiger partial charge in [-0.3, -0.25) is 4.79 Å². The van der Waals surface area contributed by atoms with Crippen molar-refractivity contribution in [1.82, 2.24) is 4.98 Å². The Morgan fingerprint density at radius 3 is 2.08 bits per heavy atom. The average Bonchev–Trinajstić information content (AvgIpc) is 2.44. The van der Waals surface area contributed by atoms with Crippen molar-refractivity contribution in [3.63, 3.8) is 0 Å². The minimum atomic E-state index is -4.57. The van der Waals surface area contributed by atoms with Gasteiger partial charge < -0.3 is 4.98 Å². The Kier molecular flexibility index (Phi) is 4.37. The van der Waals surface area contributed by atoms with E-state index in [1.54, 1.807) is 20.8 Å². The number of aromatic amines is 1. The number of pyridine rings is 1. The quantitative estimate of drug-likeness (QED) is 0.771. The highest BCUT2D eigenvalue weighted by atomic mass is 19.4. The fourth-order valence-corrected chi connectivity index (χ4v) is 2.50. The van der Waals surface area contributed by atoms with Gasteiger partial charge in [0.15, 0.2) is 5.43 Å². The molecule has 0 aliphatic heterocycles. The van der Waals surface area contributed by atoms with Gasteiger partial charge in [-0.25, -0.2) is 4.39 Å². The van der Waals surface area contributed by atoms with Gasteiger partial charge in [-0.1, -0.05) is 6.07 Å². The summed E-state index contributed by atoms with van der Waals surface area (Å²) in [6.45, 7) is 6.87. The molecule has 1 aromatic carbocycles. The zero-order valence-corrected chi connectivity index (χ0v) is 14.2. The van der Waals surface area contributed by atoms with E-state index in [0.717, 1.165) is 19.9 Å². The van der Waals surface area contributed by atoms with Crippen molar-refractivity contribution in [2.24, 2.45) is 0 Å². The predicted octanol–water partition coefficient (Wildman–Crippen LogP) is 4.95. The Morgan fingerprint density at radius 2 is 1.58 bits per heavy atom. The van der Waals surface area contributed by atoms with Gasteiger partial charge in [0.2, 0.25) is 0 Å². The molecule has 0 fully saturated rings. The molecule has 0 unspecified atom stereocenters. The van der Waals surface area contributed by atoms with Gasteiger partial charge in [-0.2, -0.15) is 13.2 Å². The van der Waals surface area contributed by atoms with Crippen LogP contribution in [0.3, 0.4) is 0 Å². The molecule has 0 spiro atoms. The molecule has 1 N–H and O–H groups in total. The van der Waals surface area contributed by atoms with Crippen LogP contribution in [0.25, 0.3) is 11.3 Å². The molecule has 0 aliphatic carbocycles. The first kappa shape index (κ1) is 18.2. The Bertz CT molecular complexity index is 847. The summed E-state index contributed by atoms with van der Waals surface area (Å²) in [4.78, 5) is 14.9. The molecule has 130 valence electrons. The number of rotatable bonds is 2. The monoisotopic (exact) mass is 341 g/mol. The maximum atomic E-state index is 14.4. The summed E-state index contributed by atoms with van der Waals surface area (Å²) in [5, 5.41) is 0. The first-order valence-electron chi connectivity index (χ1n) is 7.44. The minimum absolute atomic E-state index is 0.208. The number of benzene rings is 1. The standard InChI is InChI=1S/C18H19F4NO/c1-9-6-13(17(4,5)18(20,21)22)14(19)7-12(9)15-8-16(24)10(2)11(3)23-15/h6-8H,1-5H3,(H,23,24). The zero-order valence-electron chi connectivity index (χ0n) is 14.2. The van der Waals surface area contributed by atoms with Crippen molar-refractivity contribution < 1.29 is 17.6 Å². The summed E-state index contributed by atoms with van der Waals surface area (Å²) in [5.74, 6) is -0.947. The van der Waals surface area contributed by atoms with E-state index in [9.17, 15) is 22.4 Å². The van der Waals surface area contributed by atoms with Crippen LogP contribution < -0.4 is 5.43 Å². The zero-order chi connectivity index (χ0) is 18.4. The van der Waals surface area contributed by atoms with Crippen LogP contribution in [0.4, 0.5) is 17.6 Å². The molecule has 1 heterocycles. The Balaban J connectivity index is 2.66. The molecular formula is C18H19F4NO. The number of alkyl halides is 3. The largest absolute Gasteiger partial charge is 0.398 e. The van der Waals surface area contributed by atoms with E-state index in [4.69, 9.17) is 0 Å². The van der Waals surface area contributed by atoms with E-state index < -0.39 is 23.0 Å². The normalized spacial score (nSPS) is 12.5. The third kappa shape index (κ3) is 2.97. The van der Waals surface area contributed by atoms with Crippen LogP contribution in [-0.2, 0) is 5.41 Å². The first-order chi connectivity index (χ1) is 10.9.